The van der Waals surface area contributed by atoms with Crippen LogP contribution in [0.25, 0.3) is 0 Å². The van der Waals surface area contributed by atoms with E-state index in [4.69, 9.17) is 18.9 Å². The molecule has 0 amide bonds. The van der Waals surface area contributed by atoms with Crippen LogP contribution in [0.2, 0.25) is 0 Å². The first-order chi connectivity index (χ1) is 10.2. The van der Waals surface area contributed by atoms with Gasteiger partial charge >= 0.3 is 0 Å². The van der Waals surface area contributed by atoms with Crippen molar-refractivity contribution in [3.8, 4) is 0 Å². The molecule has 1 aliphatic heterocycles. The van der Waals surface area contributed by atoms with E-state index < -0.39 is 30.7 Å². The molecule has 6 heteroatoms. The topological polar surface area (TPSA) is 77.4 Å². The van der Waals surface area contributed by atoms with Gasteiger partial charge in [-0.05, 0) is 0 Å². The van der Waals surface area contributed by atoms with Crippen molar-refractivity contribution in [2.75, 3.05) is 26.4 Å². The zero-order chi connectivity index (χ0) is 15.7. The monoisotopic (exact) mass is 300 g/mol. The molecule has 0 unspecified atom stereocenters. The highest BCUT2D eigenvalue weighted by Crippen LogP contribution is 2.26. The minimum absolute atomic E-state index is 0.238. The van der Waals surface area contributed by atoms with E-state index in [2.05, 4.69) is 19.7 Å². The molecule has 0 aliphatic carbocycles. The Hall–Kier alpha value is -1.02. The van der Waals surface area contributed by atoms with Crippen LogP contribution in [0.15, 0.2) is 38.0 Å². The van der Waals surface area contributed by atoms with Gasteiger partial charge in [-0.15, -0.1) is 19.7 Å². The fourth-order valence-electron chi connectivity index (χ4n) is 2.06. The summed E-state index contributed by atoms with van der Waals surface area (Å²) in [5.74, 6) is 0. The van der Waals surface area contributed by atoms with E-state index in [1.807, 2.05) is 0 Å². The number of aliphatic hydroxyl groups excluding tert-OH is 2. The van der Waals surface area contributed by atoms with Crippen LogP contribution in [0.4, 0.5) is 0 Å². The molecule has 0 aromatic heterocycles. The first kappa shape index (κ1) is 18.0. The Morgan fingerprint density at radius 2 is 1.43 bits per heavy atom. The van der Waals surface area contributed by atoms with Gasteiger partial charge in [0.25, 0.3) is 0 Å². The van der Waals surface area contributed by atoms with Gasteiger partial charge in [-0.1, -0.05) is 18.2 Å². The van der Waals surface area contributed by atoms with Crippen molar-refractivity contribution in [1.29, 1.82) is 0 Å². The first-order valence-corrected chi connectivity index (χ1v) is 6.81. The molecular formula is C15H24O6. The van der Waals surface area contributed by atoms with Gasteiger partial charge in [0.1, 0.15) is 24.4 Å². The third-order valence-electron chi connectivity index (χ3n) is 2.99. The summed E-state index contributed by atoms with van der Waals surface area (Å²) in [5, 5.41) is 19.6. The molecule has 6 nitrogen and oxygen atoms in total. The van der Waals surface area contributed by atoms with E-state index in [9.17, 15) is 10.2 Å². The third kappa shape index (κ3) is 5.03. The van der Waals surface area contributed by atoms with E-state index in [1.165, 1.54) is 0 Å². The number of hydrogen-bond acceptors (Lipinski definition) is 6. The van der Waals surface area contributed by atoms with Crippen molar-refractivity contribution in [3.63, 3.8) is 0 Å². The second-order valence-corrected chi connectivity index (χ2v) is 4.51. The minimum atomic E-state index is -1.03. The summed E-state index contributed by atoms with van der Waals surface area (Å²) in [6.45, 7) is 11.1. The van der Waals surface area contributed by atoms with Crippen molar-refractivity contribution in [2.45, 2.75) is 30.7 Å². The number of aliphatic hydroxyl groups is 2. The maximum absolute atomic E-state index is 10.2. The van der Waals surface area contributed by atoms with Crippen LogP contribution < -0.4 is 0 Å². The smallest absolute Gasteiger partial charge is 0.187 e. The fourth-order valence-corrected chi connectivity index (χ4v) is 2.06. The number of hydrogen-bond donors (Lipinski definition) is 2. The van der Waals surface area contributed by atoms with Gasteiger partial charge in [0, 0.05) is 0 Å². The summed E-state index contributed by atoms with van der Waals surface area (Å²) in [6, 6.07) is 0. The van der Waals surface area contributed by atoms with Crippen LogP contribution in [0, 0.1) is 0 Å². The molecule has 0 aromatic rings. The zero-order valence-electron chi connectivity index (χ0n) is 12.1. The highest BCUT2D eigenvalue weighted by Gasteiger charge is 2.46. The maximum atomic E-state index is 10.2. The number of ether oxygens (including phenoxy) is 4. The van der Waals surface area contributed by atoms with Crippen LogP contribution in [-0.2, 0) is 18.9 Å². The highest BCUT2D eigenvalue weighted by atomic mass is 16.7. The van der Waals surface area contributed by atoms with Gasteiger partial charge in [0.2, 0.25) is 0 Å². The zero-order valence-corrected chi connectivity index (χ0v) is 12.1. The van der Waals surface area contributed by atoms with E-state index >= 15 is 0 Å². The second kappa shape index (κ2) is 9.83. The van der Waals surface area contributed by atoms with Crippen LogP contribution in [0.1, 0.15) is 0 Å². The van der Waals surface area contributed by atoms with E-state index in [-0.39, 0.29) is 26.4 Å². The normalized spacial score (nSPS) is 32.6. The average Bonchev–Trinajstić information content (AvgIpc) is 2.50. The quantitative estimate of drug-likeness (QED) is 0.569. The summed E-state index contributed by atoms with van der Waals surface area (Å²) in [6.07, 6.45) is 0.751. The molecule has 21 heavy (non-hydrogen) atoms. The Morgan fingerprint density at radius 1 is 0.905 bits per heavy atom. The molecular weight excluding hydrogens is 276 g/mol. The molecule has 0 saturated carbocycles. The molecule has 1 saturated heterocycles. The molecule has 1 fully saturated rings. The lowest BCUT2D eigenvalue weighted by molar-refractivity contribution is -0.311. The van der Waals surface area contributed by atoms with Gasteiger partial charge in [-0.3, -0.25) is 0 Å². The highest BCUT2D eigenvalue weighted by molar-refractivity contribution is 4.93. The molecule has 0 spiro atoms. The van der Waals surface area contributed by atoms with Gasteiger partial charge in [-0.25, -0.2) is 0 Å². The van der Waals surface area contributed by atoms with Gasteiger partial charge in [-0.2, -0.15) is 0 Å². The summed E-state index contributed by atoms with van der Waals surface area (Å²) in [4.78, 5) is 0. The summed E-state index contributed by atoms with van der Waals surface area (Å²) in [7, 11) is 0. The lowest BCUT2D eigenvalue weighted by Gasteiger charge is -2.43. The van der Waals surface area contributed by atoms with Crippen LogP contribution in [-0.4, -0.2) is 67.3 Å². The summed E-state index contributed by atoms with van der Waals surface area (Å²) in [5.41, 5.74) is 0. The predicted octanol–water partition coefficient (Wildman–Crippen LogP) is 0.409. The van der Waals surface area contributed by atoms with E-state index in [0.29, 0.717) is 0 Å². The standard InChI is InChI=1S/C15H24O6/c1-4-7-18-13-12(17)11(10-16)21-15(20-9-6-3)14(13)19-8-5-2/h4-6,11-17H,1-3,7-10H2/t11-,12-,13+,14-,15+/m1/s1. The molecule has 0 aromatic carbocycles. The van der Waals surface area contributed by atoms with Gasteiger partial charge in [0.15, 0.2) is 6.29 Å². The predicted molar refractivity (Wildman–Crippen MR) is 77.8 cm³/mol. The Labute approximate surface area is 125 Å². The van der Waals surface area contributed by atoms with Crippen molar-refractivity contribution >= 4 is 0 Å². The summed E-state index contributed by atoms with van der Waals surface area (Å²) < 4.78 is 22.2. The lowest BCUT2D eigenvalue weighted by atomic mass is 9.98. The van der Waals surface area contributed by atoms with Crippen LogP contribution in [0.5, 0.6) is 0 Å². The Kier molecular flexibility index (Phi) is 8.44. The molecule has 0 bridgehead atoms. The third-order valence-corrected chi connectivity index (χ3v) is 2.99. The molecule has 1 rings (SSSR count). The first-order valence-electron chi connectivity index (χ1n) is 6.81. The maximum Gasteiger partial charge on any atom is 0.187 e. The fraction of sp³-hybridized carbons (Fsp3) is 0.600. The van der Waals surface area contributed by atoms with Crippen LogP contribution >= 0.6 is 0 Å². The second-order valence-electron chi connectivity index (χ2n) is 4.51. The molecule has 1 heterocycles. The molecule has 0 radical (unpaired) electrons. The molecule has 1 aliphatic rings. The van der Waals surface area contributed by atoms with Crippen molar-refractivity contribution in [3.05, 3.63) is 38.0 Å². The van der Waals surface area contributed by atoms with Crippen molar-refractivity contribution in [2.24, 2.45) is 0 Å². The van der Waals surface area contributed by atoms with Crippen LogP contribution in [0.3, 0.4) is 0 Å². The summed E-state index contributed by atoms with van der Waals surface area (Å²) >= 11 is 0. The molecule has 5 atom stereocenters. The van der Waals surface area contributed by atoms with Crippen molar-refractivity contribution in [1.82, 2.24) is 0 Å². The lowest BCUT2D eigenvalue weighted by Crippen LogP contribution is -2.61. The minimum Gasteiger partial charge on any atom is -0.394 e. The Balaban J connectivity index is 2.88. The average molecular weight is 300 g/mol. The van der Waals surface area contributed by atoms with E-state index in [0.717, 1.165) is 0 Å². The Morgan fingerprint density at radius 3 is 1.95 bits per heavy atom. The van der Waals surface area contributed by atoms with Crippen molar-refractivity contribution < 1.29 is 29.2 Å². The molecule has 120 valence electrons. The van der Waals surface area contributed by atoms with E-state index in [1.54, 1.807) is 18.2 Å². The SMILES string of the molecule is C=CCO[C@H]1O[C@H](CO)[C@@H](O)[C@H](OCC=C)[C@H]1OCC=C. The molecule has 2 N–H and O–H groups in total. The Bertz CT molecular complexity index is 332. The largest absolute Gasteiger partial charge is 0.394 e. The van der Waals surface area contributed by atoms with Gasteiger partial charge in [0.05, 0.1) is 26.4 Å². The number of rotatable bonds is 10. The van der Waals surface area contributed by atoms with Gasteiger partial charge < -0.3 is 29.2 Å².